The summed E-state index contributed by atoms with van der Waals surface area (Å²) in [4.78, 5) is 11.9. The first-order chi connectivity index (χ1) is 8.25. The van der Waals surface area contributed by atoms with Crippen molar-refractivity contribution in [1.29, 1.82) is 0 Å². The Hall–Kier alpha value is -1.35. The molecule has 0 aromatic heterocycles. The molecule has 92 valence electrons. The summed E-state index contributed by atoms with van der Waals surface area (Å²) in [6, 6.07) is 7.63. The van der Waals surface area contributed by atoms with E-state index in [0.29, 0.717) is 6.54 Å². The number of rotatable bonds is 3. The van der Waals surface area contributed by atoms with Crippen LogP contribution in [0.3, 0.4) is 0 Å². The third-order valence-corrected chi connectivity index (χ3v) is 3.04. The molecule has 3 heteroatoms. The zero-order valence-electron chi connectivity index (χ0n) is 10.2. The van der Waals surface area contributed by atoms with Gasteiger partial charge in [-0.15, -0.1) is 0 Å². The smallest absolute Gasteiger partial charge is 0.251 e. The van der Waals surface area contributed by atoms with Gasteiger partial charge in [0.25, 0.3) is 5.91 Å². The molecule has 0 aliphatic carbocycles. The number of hydrogen-bond acceptors (Lipinski definition) is 2. The number of aryl methyl sites for hydroxylation is 1. The van der Waals surface area contributed by atoms with Crippen LogP contribution >= 0.6 is 0 Å². The van der Waals surface area contributed by atoms with E-state index in [1.807, 2.05) is 31.2 Å². The van der Waals surface area contributed by atoms with Crippen molar-refractivity contribution in [2.24, 2.45) is 0 Å². The van der Waals surface area contributed by atoms with Crippen LogP contribution in [0.4, 0.5) is 0 Å². The largest absolute Gasteiger partial charge is 0.376 e. The first-order valence-corrected chi connectivity index (χ1v) is 6.22. The molecule has 1 fully saturated rings. The van der Waals surface area contributed by atoms with Crippen LogP contribution in [-0.2, 0) is 4.74 Å². The molecule has 3 nitrogen and oxygen atoms in total. The lowest BCUT2D eigenvalue weighted by molar-refractivity contribution is 0.0169. The third-order valence-electron chi connectivity index (χ3n) is 3.04. The van der Waals surface area contributed by atoms with Crippen molar-refractivity contribution in [2.75, 3.05) is 13.2 Å². The molecule has 1 N–H and O–H groups in total. The molecular formula is C14H19NO2. The first-order valence-electron chi connectivity index (χ1n) is 6.22. The van der Waals surface area contributed by atoms with E-state index in [0.717, 1.165) is 30.6 Å². The Morgan fingerprint density at radius 2 is 2.35 bits per heavy atom. The van der Waals surface area contributed by atoms with Gasteiger partial charge in [0, 0.05) is 18.7 Å². The molecule has 0 radical (unpaired) electrons. The predicted molar refractivity (Wildman–Crippen MR) is 67.1 cm³/mol. The molecule has 1 aliphatic heterocycles. The Kier molecular flexibility index (Phi) is 4.15. The highest BCUT2D eigenvalue weighted by atomic mass is 16.5. The minimum Gasteiger partial charge on any atom is -0.376 e. The summed E-state index contributed by atoms with van der Waals surface area (Å²) in [7, 11) is 0. The summed E-state index contributed by atoms with van der Waals surface area (Å²) in [5.41, 5.74) is 1.83. The van der Waals surface area contributed by atoms with E-state index in [1.165, 1.54) is 6.42 Å². The highest BCUT2D eigenvalue weighted by molar-refractivity contribution is 5.94. The van der Waals surface area contributed by atoms with Crippen molar-refractivity contribution in [1.82, 2.24) is 5.32 Å². The number of carbonyl (C=O) groups excluding carboxylic acids is 1. The molecule has 1 aromatic rings. The van der Waals surface area contributed by atoms with Gasteiger partial charge in [0.1, 0.15) is 0 Å². The predicted octanol–water partition coefficient (Wildman–Crippen LogP) is 2.29. The van der Waals surface area contributed by atoms with Crippen LogP contribution in [0.2, 0.25) is 0 Å². The summed E-state index contributed by atoms with van der Waals surface area (Å²) in [5, 5.41) is 2.93. The minimum absolute atomic E-state index is 0.0112. The van der Waals surface area contributed by atoms with E-state index in [-0.39, 0.29) is 12.0 Å². The molecule has 0 saturated carbocycles. The SMILES string of the molecule is Cc1cccc(C(=O)NCC2CCCCO2)c1. The number of ether oxygens (including phenoxy) is 1. The van der Waals surface area contributed by atoms with E-state index in [9.17, 15) is 4.79 Å². The maximum absolute atomic E-state index is 11.9. The number of amides is 1. The molecule has 1 heterocycles. The lowest BCUT2D eigenvalue weighted by Crippen LogP contribution is -2.35. The Bertz CT molecular complexity index is 384. The maximum atomic E-state index is 11.9. The van der Waals surface area contributed by atoms with Crippen molar-refractivity contribution in [3.05, 3.63) is 35.4 Å². The first kappa shape index (κ1) is 12.1. The Morgan fingerprint density at radius 3 is 3.06 bits per heavy atom. The monoisotopic (exact) mass is 233 g/mol. The van der Waals surface area contributed by atoms with Crippen molar-refractivity contribution < 1.29 is 9.53 Å². The van der Waals surface area contributed by atoms with Gasteiger partial charge in [0.15, 0.2) is 0 Å². The van der Waals surface area contributed by atoms with Gasteiger partial charge in [-0.25, -0.2) is 0 Å². The van der Waals surface area contributed by atoms with E-state index in [2.05, 4.69) is 5.32 Å². The molecule has 1 aromatic carbocycles. The molecule has 0 spiro atoms. The normalized spacial score (nSPS) is 19.9. The van der Waals surface area contributed by atoms with Crippen molar-refractivity contribution in [3.63, 3.8) is 0 Å². The summed E-state index contributed by atoms with van der Waals surface area (Å²) in [6.07, 6.45) is 3.58. The minimum atomic E-state index is -0.0112. The van der Waals surface area contributed by atoms with Gasteiger partial charge < -0.3 is 10.1 Å². The molecular weight excluding hydrogens is 214 g/mol. The summed E-state index contributed by atoms with van der Waals surface area (Å²) in [6.45, 7) is 3.43. The number of nitrogens with one attached hydrogen (secondary N) is 1. The van der Waals surface area contributed by atoms with Gasteiger partial charge in [0.05, 0.1) is 6.10 Å². The Balaban J connectivity index is 1.84. The number of benzene rings is 1. The quantitative estimate of drug-likeness (QED) is 0.870. The van der Waals surface area contributed by atoms with Crippen LogP contribution in [0, 0.1) is 6.92 Å². The molecule has 1 amide bonds. The van der Waals surface area contributed by atoms with Crippen molar-refractivity contribution in [3.8, 4) is 0 Å². The maximum Gasteiger partial charge on any atom is 0.251 e. The van der Waals surface area contributed by atoms with Crippen LogP contribution in [-0.4, -0.2) is 25.2 Å². The topological polar surface area (TPSA) is 38.3 Å². The molecule has 1 unspecified atom stereocenters. The molecule has 2 rings (SSSR count). The second-order valence-electron chi connectivity index (χ2n) is 4.57. The van der Waals surface area contributed by atoms with Gasteiger partial charge in [-0.2, -0.15) is 0 Å². The Labute approximate surface area is 102 Å². The molecule has 17 heavy (non-hydrogen) atoms. The second kappa shape index (κ2) is 5.82. The van der Waals surface area contributed by atoms with E-state index in [4.69, 9.17) is 4.74 Å². The second-order valence-corrected chi connectivity index (χ2v) is 4.57. The van der Waals surface area contributed by atoms with Crippen molar-refractivity contribution >= 4 is 5.91 Å². The van der Waals surface area contributed by atoms with Gasteiger partial charge >= 0.3 is 0 Å². The van der Waals surface area contributed by atoms with Gasteiger partial charge in [-0.3, -0.25) is 4.79 Å². The summed E-state index contributed by atoms with van der Waals surface area (Å²) in [5.74, 6) is -0.0112. The third kappa shape index (κ3) is 3.56. The molecule has 1 aliphatic rings. The lowest BCUT2D eigenvalue weighted by atomic mass is 10.1. The van der Waals surface area contributed by atoms with Crippen LogP contribution in [0.1, 0.15) is 35.2 Å². The summed E-state index contributed by atoms with van der Waals surface area (Å²) < 4.78 is 5.57. The van der Waals surface area contributed by atoms with Crippen molar-refractivity contribution in [2.45, 2.75) is 32.3 Å². The Morgan fingerprint density at radius 1 is 1.47 bits per heavy atom. The lowest BCUT2D eigenvalue weighted by Gasteiger charge is -2.22. The zero-order chi connectivity index (χ0) is 12.1. The highest BCUT2D eigenvalue weighted by Crippen LogP contribution is 2.12. The zero-order valence-corrected chi connectivity index (χ0v) is 10.2. The average molecular weight is 233 g/mol. The van der Waals surface area contributed by atoms with Crippen LogP contribution in [0.5, 0.6) is 0 Å². The molecule has 1 atom stereocenters. The van der Waals surface area contributed by atoms with Gasteiger partial charge in [-0.1, -0.05) is 17.7 Å². The van der Waals surface area contributed by atoms with E-state index < -0.39 is 0 Å². The molecule has 1 saturated heterocycles. The van der Waals surface area contributed by atoms with E-state index in [1.54, 1.807) is 0 Å². The van der Waals surface area contributed by atoms with E-state index >= 15 is 0 Å². The average Bonchev–Trinajstić information content (AvgIpc) is 2.37. The van der Waals surface area contributed by atoms with Crippen LogP contribution in [0.25, 0.3) is 0 Å². The van der Waals surface area contributed by atoms with Gasteiger partial charge in [-0.05, 0) is 38.3 Å². The fourth-order valence-corrected chi connectivity index (χ4v) is 2.06. The number of carbonyl (C=O) groups is 1. The van der Waals surface area contributed by atoms with Crippen LogP contribution in [0.15, 0.2) is 24.3 Å². The fourth-order valence-electron chi connectivity index (χ4n) is 2.06. The number of hydrogen-bond donors (Lipinski definition) is 1. The molecule has 0 bridgehead atoms. The summed E-state index contributed by atoms with van der Waals surface area (Å²) >= 11 is 0. The highest BCUT2D eigenvalue weighted by Gasteiger charge is 2.15. The standard InChI is InChI=1S/C14H19NO2/c1-11-5-4-6-12(9-11)14(16)15-10-13-7-2-3-8-17-13/h4-6,9,13H,2-3,7-8,10H2,1H3,(H,15,16). The van der Waals surface area contributed by atoms with Crippen LogP contribution < -0.4 is 5.32 Å². The fraction of sp³-hybridized carbons (Fsp3) is 0.500. The van der Waals surface area contributed by atoms with Gasteiger partial charge in [0.2, 0.25) is 0 Å².